The molecule has 2 aliphatic rings. The first-order valence-corrected chi connectivity index (χ1v) is 15.9. The Balaban J connectivity index is 1.28. The fourth-order valence-electron chi connectivity index (χ4n) is 7.24. The van der Waals surface area contributed by atoms with Gasteiger partial charge in [0.05, 0.1) is 10.9 Å². The van der Waals surface area contributed by atoms with Gasteiger partial charge in [-0.05, 0) is 55.4 Å². The van der Waals surface area contributed by atoms with Crippen LogP contribution >= 0.6 is 0 Å². The molecule has 0 bridgehead atoms. The molecule has 0 saturated carbocycles. The first kappa shape index (κ1) is 28.9. The molecule has 11 heteroatoms. The highest BCUT2D eigenvalue weighted by Gasteiger charge is 2.29. The average Bonchev–Trinajstić information content (AvgIpc) is 3.60. The van der Waals surface area contributed by atoms with Gasteiger partial charge in [-0.3, -0.25) is 14.4 Å². The van der Waals surface area contributed by atoms with Crippen molar-refractivity contribution in [3.63, 3.8) is 0 Å². The summed E-state index contributed by atoms with van der Waals surface area (Å²) in [5, 5.41) is 5.59. The van der Waals surface area contributed by atoms with Crippen molar-refractivity contribution < 1.29 is 13.6 Å². The minimum absolute atomic E-state index is 0.0486. The van der Waals surface area contributed by atoms with Crippen LogP contribution in [0.15, 0.2) is 62.7 Å². The van der Waals surface area contributed by atoms with Crippen LogP contribution in [-0.2, 0) is 0 Å². The van der Waals surface area contributed by atoms with Crippen molar-refractivity contribution in [1.29, 1.82) is 0 Å². The van der Waals surface area contributed by atoms with Crippen molar-refractivity contribution >= 4 is 60.7 Å². The maximum Gasteiger partial charge on any atom is 0.256 e. The molecular formula is C35H35FN6O4. The number of pyridine rings is 1. The number of nitrogens with zero attached hydrogens (tertiary/aromatic N) is 4. The Morgan fingerprint density at radius 3 is 2.52 bits per heavy atom. The molecule has 2 aliphatic heterocycles. The van der Waals surface area contributed by atoms with Gasteiger partial charge < -0.3 is 34.6 Å². The fraction of sp³-hybridized carbons (Fsp3) is 0.343. The van der Waals surface area contributed by atoms with Crippen LogP contribution in [0.2, 0.25) is 0 Å². The molecule has 0 aliphatic carbocycles. The average molecular weight is 623 g/mol. The Kier molecular flexibility index (Phi) is 6.93. The number of fused-ring (bicyclic) bond motifs is 5. The molecule has 236 valence electrons. The lowest BCUT2D eigenvalue weighted by Crippen LogP contribution is -2.45. The summed E-state index contributed by atoms with van der Waals surface area (Å²) in [6, 6.07) is 12.0. The molecule has 2 fully saturated rings. The van der Waals surface area contributed by atoms with Gasteiger partial charge >= 0.3 is 0 Å². The van der Waals surface area contributed by atoms with Crippen LogP contribution < -0.4 is 26.8 Å². The van der Waals surface area contributed by atoms with E-state index in [9.17, 15) is 14.4 Å². The van der Waals surface area contributed by atoms with Crippen molar-refractivity contribution in [2.45, 2.75) is 18.9 Å². The van der Waals surface area contributed by atoms with Crippen molar-refractivity contribution in [2.75, 3.05) is 64.3 Å². The van der Waals surface area contributed by atoms with Crippen molar-refractivity contribution in [1.82, 2.24) is 19.5 Å². The van der Waals surface area contributed by atoms with E-state index in [1.807, 2.05) is 29.2 Å². The molecule has 1 atom stereocenters. The number of hydrogen-bond acceptors (Lipinski definition) is 8. The standard InChI is InChI=1S/C35H35FN6O4/c1-39-11-13-40(14-12-39)9-4-8-38-35(45)26-19-42-28-16-23-21-5-2-3-6-22(21)32(43)24(23)17-29(28)46-34-30(42)25(33(26)44)15-27(36)31(34)41-10-7-20(37)18-41/h2-3,5-6,15-17,19-20H,4,7-14,18,37H2,1H3,(H,38,45)/t20-/m0/s1. The zero-order valence-electron chi connectivity index (χ0n) is 25.6. The third-order valence-corrected chi connectivity index (χ3v) is 9.77. The van der Waals surface area contributed by atoms with Crippen LogP contribution in [0.3, 0.4) is 0 Å². The first-order valence-electron chi connectivity index (χ1n) is 15.9. The lowest BCUT2D eigenvalue weighted by Gasteiger charge is -2.32. The molecule has 4 aromatic carbocycles. The van der Waals surface area contributed by atoms with E-state index in [-0.39, 0.29) is 33.7 Å². The smallest absolute Gasteiger partial charge is 0.256 e. The highest BCUT2D eigenvalue weighted by atomic mass is 19.1. The van der Waals surface area contributed by atoms with E-state index in [0.29, 0.717) is 53.4 Å². The van der Waals surface area contributed by atoms with E-state index in [0.717, 1.165) is 49.9 Å². The summed E-state index contributed by atoms with van der Waals surface area (Å²) in [5.74, 6) is -1.14. The lowest BCUT2D eigenvalue weighted by atomic mass is 10.1. The second-order valence-electron chi connectivity index (χ2n) is 12.8. The van der Waals surface area contributed by atoms with Crippen molar-refractivity contribution in [3.8, 4) is 0 Å². The zero-order valence-corrected chi connectivity index (χ0v) is 25.6. The minimum Gasteiger partial charge on any atom is -0.451 e. The predicted octanol–water partition coefficient (Wildman–Crippen LogP) is 3.35. The molecule has 1 amide bonds. The fourth-order valence-corrected chi connectivity index (χ4v) is 7.24. The summed E-state index contributed by atoms with van der Waals surface area (Å²) >= 11 is 0. The summed E-state index contributed by atoms with van der Waals surface area (Å²) < 4.78 is 24.2. The van der Waals surface area contributed by atoms with Gasteiger partial charge in [0.2, 0.25) is 5.43 Å². The van der Waals surface area contributed by atoms with E-state index < -0.39 is 17.2 Å². The number of piperazine rings is 1. The van der Waals surface area contributed by atoms with E-state index in [2.05, 4.69) is 22.2 Å². The summed E-state index contributed by atoms with van der Waals surface area (Å²) in [5.41, 5.74) is 7.08. The normalized spacial score (nSPS) is 18.2. The van der Waals surface area contributed by atoms with Gasteiger partial charge in [-0.2, -0.15) is 0 Å². The molecule has 3 N–H and O–H groups in total. The lowest BCUT2D eigenvalue weighted by molar-refractivity contribution is 0.0948. The zero-order chi connectivity index (χ0) is 31.7. The molecule has 4 heterocycles. The number of amides is 1. The Morgan fingerprint density at radius 1 is 0.978 bits per heavy atom. The van der Waals surface area contributed by atoms with Crippen LogP contribution in [0, 0.1) is 5.82 Å². The van der Waals surface area contributed by atoms with Gasteiger partial charge in [0.25, 0.3) is 5.91 Å². The Hall–Kier alpha value is -4.58. The number of hydrogen-bond donors (Lipinski definition) is 2. The SMILES string of the molecule is CN1CCN(CCCNC(=O)c2cn3c4cc5c(cc4oc4c(N6CC[C@H](N)C6)c(F)cc(c2=O)c43)c(=O)c2ccccc25)CC1. The number of anilines is 1. The van der Waals surface area contributed by atoms with Crippen LogP contribution in [0.25, 0.3) is 49.1 Å². The predicted molar refractivity (Wildman–Crippen MR) is 179 cm³/mol. The number of nitrogens with one attached hydrogen (secondary N) is 1. The van der Waals surface area contributed by atoms with Crippen molar-refractivity contribution in [2.24, 2.45) is 5.73 Å². The summed E-state index contributed by atoms with van der Waals surface area (Å²) in [4.78, 5) is 47.3. The quantitative estimate of drug-likeness (QED) is 0.165. The molecule has 8 rings (SSSR count). The largest absolute Gasteiger partial charge is 0.451 e. The summed E-state index contributed by atoms with van der Waals surface area (Å²) in [6.07, 6.45) is 2.96. The number of aromatic nitrogens is 1. The maximum atomic E-state index is 16.0. The topological polar surface area (TPSA) is 117 Å². The molecule has 2 aromatic heterocycles. The molecule has 10 nitrogen and oxygen atoms in total. The molecule has 6 aromatic rings. The Bertz CT molecular complexity index is 2290. The monoisotopic (exact) mass is 622 g/mol. The third-order valence-electron chi connectivity index (χ3n) is 9.77. The Labute approximate surface area is 263 Å². The van der Waals surface area contributed by atoms with Gasteiger partial charge in [0.1, 0.15) is 16.8 Å². The van der Waals surface area contributed by atoms with Crippen LogP contribution in [0.1, 0.15) is 23.2 Å². The van der Waals surface area contributed by atoms with Crippen LogP contribution in [-0.4, -0.2) is 85.6 Å². The second-order valence-corrected chi connectivity index (χ2v) is 12.8. The number of rotatable bonds is 6. The molecule has 2 saturated heterocycles. The maximum absolute atomic E-state index is 16.0. The third kappa shape index (κ3) is 4.60. The number of halogens is 1. The molecule has 0 radical (unpaired) electrons. The van der Waals surface area contributed by atoms with Gasteiger partial charge in [-0.1, -0.05) is 24.3 Å². The van der Waals surface area contributed by atoms with Crippen LogP contribution in [0.4, 0.5) is 10.1 Å². The number of carbonyl (C=O) groups excluding carboxylic acids is 1. The van der Waals surface area contributed by atoms with Gasteiger partial charge in [-0.25, -0.2) is 4.39 Å². The van der Waals surface area contributed by atoms with E-state index in [1.165, 1.54) is 12.3 Å². The van der Waals surface area contributed by atoms with Gasteiger partial charge in [0.15, 0.2) is 22.4 Å². The molecular weight excluding hydrogens is 587 g/mol. The molecule has 46 heavy (non-hydrogen) atoms. The van der Waals surface area contributed by atoms with E-state index in [1.54, 1.807) is 16.5 Å². The van der Waals surface area contributed by atoms with Crippen molar-refractivity contribution in [3.05, 3.63) is 80.5 Å². The Morgan fingerprint density at radius 2 is 1.76 bits per heavy atom. The van der Waals surface area contributed by atoms with E-state index in [4.69, 9.17) is 10.2 Å². The number of nitrogens with two attached hydrogens (primary N) is 1. The number of likely N-dealkylation sites (N-methyl/N-ethyl adjacent to an activating group) is 1. The van der Waals surface area contributed by atoms with E-state index >= 15 is 4.39 Å². The van der Waals surface area contributed by atoms with Gasteiger partial charge in [-0.15, -0.1) is 0 Å². The highest BCUT2D eigenvalue weighted by Crippen LogP contribution is 2.38. The first-order chi connectivity index (χ1) is 22.3. The van der Waals surface area contributed by atoms with Gasteiger partial charge in [0, 0.05) is 68.8 Å². The number of benzene rings is 3. The molecule has 0 unspecified atom stereocenters. The highest BCUT2D eigenvalue weighted by molar-refractivity contribution is 6.15. The van der Waals surface area contributed by atoms with Crippen LogP contribution in [0.5, 0.6) is 0 Å². The minimum atomic E-state index is -0.627. The second kappa shape index (κ2) is 11.0. The molecule has 0 spiro atoms. The summed E-state index contributed by atoms with van der Waals surface area (Å²) in [7, 11) is 2.11. The number of carbonyl (C=O) groups is 1. The summed E-state index contributed by atoms with van der Waals surface area (Å²) in [6.45, 7) is 6.23.